The fraction of sp³-hybridized carbons (Fsp3) is 0.632. The molecular weight excluding hydrogens is 574 g/mol. The number of hydrogen-bond acceptors (Lipinski definition) is 4. The van der Waals surface area contributed by atoms with Crippen LogP contribution in [0.15, 0.2) is 18.8 Å². The van der Waals surface area contributed by atoms with Gasteiger partial charge in [0.1, 0.15) is 9.18 Å². The number of esters is 1. The molecule has 6 nitrogen and oxygen atoms in total. The summed E-state index contributed by atoms with van der Waals surface area (Å²) in [5.41, 5.74) is -0.497. The van der Waals surface area contributed by atoms with E-state index in [4.69, 9.17) is 4.74 Å². The first kappa shape index (κ1) is 26.4. The normalized spacial score (nSPS) is 13.0. The molecule has 0 aromatic rings. The van der Waals surface area contributed by atoms with Gasteiger partial charge in [0, 0.05) is 26.2 Å². The van der Waals surface area contributed by atoms with Crippen molar-refractivity contribution in [3.63, 3.8) is 0 Å². The van der Waals surface area contributed by atoms with Gasteiger partial charge in [0.25, 0.3) is 11.8 Å². The zero-order valence-electron chi connectivity index (χ0n) is 17.2. The van der Waals surface area contributed by atoms with Crippen LogP contribution in [0.1, 0.15) is 48.5 Å². The van der Waals surface area contributed by atoms with E-state index in [0.29, 0.717) is 29.8 Å². The third-order valence-electron chi connectivity index (χ3n) is 3.62. The molecule has 0 heterocycles. The van der Waals surface area contributed by atoms with Crippen molar-refractivity contribution in [3.05, 3.63) is 18.8 Å². The fourth-order valence-electron chi connectivity index (χ4n) is 2.18. The number of ether oxygens (including phenoxy) is 1. The van der Waals surface area contributed by atoms with Gasteiger partial charge in [-0.15, -0.1) is 0 Å². The molecule has 0 aromatic heterocycles. The SMILES string of the molecule is CCN(CC)C(=O)/C(I)=C/C(C(=O)N(CC)CC)=C(\I)C(=O)OC(C)(C)C. The maximum atomic E-state index is 13.0. The second-order valence-electron chi connectivity index (χ2n) is 6.68. The van der Waals surface area contributed by atoms with Gasteiger partial charge in [-0.3, -0.25) is 9.59 Å². The molecule has 0 saturated heterocycles. The van der Waals surface area contributed by atoms with Crippen molar-refractivity contribution in [1.82, 2.24) is 9.80 Å². The van der Waals surface area contributed by atoms with Crippen LogP contribution in [0.2, 0.25) is 0 Å². The lowest BCUT2D eigenvalue weighted by atomic mass is 10.1. The van der Waals surface area contributed by atoms with Crippen molar-refractivity contribution >= 4 is 63.0 Å². The summed E-state index contributed by atoms with van der Waals surface area (Å²) >= 11 is 3.75. The van der Waals surface area contributed by atoms with E-state index in [2.05, 4.69) is 0 Å². The number of hydrogen-bond donors (Lipinski definition) is 0. The molecule has 0 unspecified atom stereocenters. The summed E-state index contributed by atoms with van der Waals surface area (Å²) in [5.74, 6) is -1.04. The summed E-state index contributed by atoms with van der Waals surface area (Å²) in [7, 11) is 0. The lowest BCUT2D eigenvalue weighted by Gasteiger charge is -2.23. The maximum Gasteiger partial charge on any atom is 0.345 e. The Morgan fingerprint density at radius 3 is 1.63 bits per heavy atom. The molecule has 0 atom stereocenters. The lowest BCUT2D eigenvalue weighted by Crippen LogP contribution is -2.34. The van der Waals surface area contributed by atoms with E-state index < -0.39 is 11.6 Å². The topological polar surface area (TPSA) is 66.9 Å². The van der Waals surface area contributed by atoms with Crippen LogP contribution >= 0.6 is 45.2 Å². The molecule has 27 heavy (non-hydrogen) atoms. The highest BCUT2D eigenvalue weighted by Gasteiger charge is 2.26. The Bertz CT molecular complexity index is 614. The van der Waals surface area contributed by atoms with E-state index >= 15 is 0 Å². The third kappa shape index (κ3) is 8.49. The van der Waals surface area contributed by atoms with Gasteiger partial charge in [-0.05, 0) is 99.7 Å². The molecule has 154 valence electrons. The Labute approximate surface area is 190 Å². The van der Waals surface area contributed by atoms with Gasteiger partial charge in [0.05, 0.1) is 9.15 Å². The Kier molecular flexibility index (Phi) is 11.7. The fourth-order valence-corrected chi connectivity index (χ4v) is 3.33. The molecule has 0 aliphatic carbocycles. The van der Waals surface area contributed by atoms with Crippen molar-refractivity contribution in [1.29, 1.82) is 0 Å². The quantitative estimate of drug-likeness (QED) is 0.182. The van der Waals surface area contributed by atoms with E-state index in [0.717, 1.165) is 0 Å². The van der Waals surface area contributed by atoms with Crippen molar-refractivity contribution in [2.24, 2.45) is 0 Å². The van der Waals surface area contributed by atoms with Gasteiger partial charge in [0.15, 0.2) is 0 Å². The Morgan fingerprint density at radius 1 is 0.852 bits per heavy atom. The van der Waals surface area contributed by atoms with Gasteiger partial charge in [-0.1, -0.05) is 0 Å². The van der Waals surface area contributed by atoms with Crippen molar-refractivity contribution in [3.8, 4) is 0 Å². The number of likely N-dealkylation sites (N-methyl/N-ethyl adjacent to an activating group) is 2. The number of nitrogens with zero attached hydrogens (tertiary/aromatic N) is 2. The lowest BCUT2D eigenvalue weighted by molar-refractivity contribution is -0.149. The second-order valence-corrected chi connectivity index (χ2v) is 8.92. The molecule has 0 aromatic carbocycles. The van der Waals surface area contributed by atoms with Crippen LogP contribution in [-0.4, -0.2) is 59.4 Å². The smallest absolute Gasteiger partial charge is 0.345 e. The molecule has 8 heteroatoms. The molecule has 0 spiro atoms. The molecule has 0 aliphatic rings. The van der Waals surface area contributed by atoms with E-state index in [1.165, 1.54) is 6.08 Å². The van der Waals surface area contributed by atoms with E-state index in [-0.39, 0.29) is 21.0 Å². The van der Waals surface area contributed by atoms with Crippen LogP contribution in [-0.2, 0) is 19.1 Å². The molecule has 0 radical (unpaired) electrons. The second kappa shape index (κ2) is 12.0. The summed E-state index contributed by atoms with van der Waals surface area (Å²) in [6, 6.07) is 0. The highest BCUT2D eigenvalue weighted by Crippen LogP contribution is 2.24. The van der Waals surface area contributed by atoms with Gasteiger partial charge in [-0.25, -0.2) is 4.79 Å². The summed E-state index contributed by atoms with van der Waals surface area (Å²) in [6.45, 7) is 15.0. The molecule has 0 saturated carbocycles. The van der Waals surface area contributed by atoms with Gasteiger partial charge < -0.3 is 14.5 Å². The largest absolute Gasteiger partial charge is 0.456 e. The predicted octanol–water partition coefficient (Wildman–Crippen LogP) is 4.07. The highest BCUT2D eigenvalue weighted by molar-refractivity contribution is 14.1. The molecule has 0 N–H and O–H groups in total. The van der Waals surface area contributed by atoms with Gasteiger partial charge >= 0.3 is 5.97 Å². The maximum absolute atomic E-state index is 13.0. The first-order valence-corrected chi connectivity index (χ1v) is 11.2. The molecular formula is C19H30I2N2O4. The average molecular weight is 604 g/mol. The number of amides is 2. The Morgan fingerprint density at radius 2 is 1.26 bits per heavy atom. The van der Waals surface area contributed by atoms with E-state index in [1.807, 2.05) is 72.9 Å². The Balaban J connectivity index is 6.18. The van der Waals surface area contributed by atoms with Crippen LogP contribution < -0.4 is 0 Å². The monoisotopic (exact) mass is 604 g/mol. The minimum atomic E-state index is -0.676. The summed E-state index contributed by atoms with van der Waals surface area (Å²) in [5, 5.41) is 0. The highest BCUT2D eigenvalue weighted by atomic mass is 127. The number of carbonyl (C=O) groups is 3. The third-order valence-corrected chi connectivity index (χ3v) is 5.42. The van der Waals surface area contributed by atoms with Crippen molar-refractivity contribution in [2.45, 2.75) is 54.1 Å². The van der Waals surface area contributed by atoms with E-state index in [1.54, 1.807) is 30.6 Å². The van der Waals surface area contributed by atoms with Crippen molar-refractivity contribution < 1.29 is 19.1 Å². The van der Waals surface area contributed by atoms with Crippen molar-refractivity contribution in [2.75, 3.05) is 26.2 Å². The first-order chi connectivity index (χ1) is 12.4. The number of rotatable bonds is 8. The summed E-state index contributed by atoms with van der Waals surface area (Å²) in [6.07, 6.45) is 1.49. The predicted molar refractivity (Wildman–Crippen MR) is 125 cm³/mol. The first-order valence-electron chi connectivity index (χ1n) is 9.02. The zero-order valence-corrected chi connectivity index (χ0v) is 21.5. The van der Waals surface area contributed by atoms with Gasteiger partial charge in [-0.2, -0.15) is 0 Å². The van der Waals surface area contributed by atoms with E-state index in [9.17, 15) is 14.4 Å². The Hall–Kier alpha value is -0.650. The minimum absolute atomic E-state index is 0.168. The molecule has 0 aliphatic heterocycles. The van der Waals surface area contributed by atoms with Crippen LogP contribution in [0.5, 0.6) is 0 Å². The average Bonchev–Trinajstić information content (AvgIpc) is 2.59. The summed E-state index contributed by atoms with van der Waals surface area (Å²) in [4.78, 5) is 41.3. The number of halogens is 2. The molecule has 0 bridgehead atoms. The van der Waals surface area contributed by atoms with Crippen LogP contribution in [0.25, 0.3) is 0 Å². The molecule has 0 fully saturated rings. The standard InChI is InChI=1S/C19H30I2N2O4/c1-8-22(9-2)16(24)13(15(21)18(26)27-19(5,6)7)12-14(20)17(25)23(10-3)11-4/h12H,8-11H2,1-7H3/b14-12-,15-13+. The molecule has 0 rings (SSSR count). The zero-order chi connectivity index (χ0) is 21.4. The van der Waals surface area contributed by atoms with Gasteiger partial charge in [0.2, 0.25) is 0 Å². The number of carbonyl (C=O) groups excluding carboxylic acids is 3. The van der Waals surface area contributed by atoms with Crippen LogP contribution in [0, 0.1) is 0 Å². The van der Waals surface area contributed by atoms with Crippen LogP contribution in [0.4, 0.5) is 0 Å². The minimum Gasteiger partial charge on any atom is -0.456 e. The molecule has 2 amide bonds. The summed E-state index contributed by atoms with van der Waals surface area (Å²) < 4.78 is 5.95. The van der Waals surface area contributed by atoms with Crippen LogP contribution in [0.3, 0.4) is 0 Å².